The Labute approximate surface area is 113 Å². The fraction of sp³-hybridized carbons (Fsp3) is 0.400. The molecule has 1 amide bonds. The molecule has 1 aromatic rings. The second-order valence-electron chi connectivity index (χ2n) is 3.84. The van der Waals surface area contributed by atoms with E-state index < -0.39 is 0 Å². The van der Waals surface area contributed by atoms with Gasteiger partial charge in [-0.3, -0.25) is 9.59 Å². The molecule has 0 spiro atoms. The van der Waals surface area contributed by atoms with Gasteiger partial charge in [0.1, 0.15) is 12.0 Å². The summed E-state index contributed by atoms with van der Waals surface area (Å²) in [5, 5.41) is 0.0491. The highest BCUT2D eigenvalue weighted by atomic mass is 35.5. The molecule has 0 saturated carbocycles. The number of rotatable bonds is 2. The zero-order valence-corrected chi connectivity index (χ0v) is 11.2. The number of hydrogen-bond acceptors (Lipinski definition) is 6. The first-order valence-corrected chi connectivity index (χ1v) is 6.48. The number of hydrogen-bond donors (Lipinski definition) is 1. The van der Waals surface area contributed by atoms with E-state index in [0.717, 1.165) is 11.8 Å². The number of aromatic nitrogens is 2. The molecule has 6 nitrogen and oxygen atoms in total. The number of thioether (sulfide) groups is 1. The molecule has 1 aromatic heterocycles. The van der Waals surface area contributed by atoms with Crippen molar-refractivity contribution in [2.75, 3.05) is 17.2 Å². The van der Waals surface area contributed by atoms with Crippen molar-refractivity contribution in [1.29, 1.82) is 0 Å². The van der Waals surface area contributed by atoms with Crippen molar-refractivity contribution < 1.29 is 9.59 Å². The van der Waals surface area contributed by atoms with Crippen molar-refractivity contribution in [3.63, 3.8) is 0 Å². The van der Waals surface area contributed by atoms with E-state index in [1.807, 2.05) is 0 Å². The van der Waals surface area contributed by atoms with Crippen LogP contribution >= 0.6 is 23.4 Å². The van der Waals surface area contributed by atoms with Crippen LogP contribution < -0.4 is 10.6 Å². The third-order valence-electron chi connectivity index (χ3n) is 2.50. The van der Waals surface area contributed by atoms with E-state index in [1.54, 1.807) is 0 Å². The molecular weight excluding hydrogens is 276 g/mol. The van der Waals surface area contributed by atoms with Gasteiger partial charge in [-0.25, -0.2) is 9.97 Å². The van der Waals surface area contributed by atoms with Gasteiger partial charge in [0.05, 0.1) is 0 Å². The third-order valence-corrected chi connectivity index (χ3v) is 3.76. The van der Waals surface area contributed by atoms with E-state index in [4.69, 9.17) is 17.3 Å². The lowest BCUT2D eigenvalue weighted by atomic mass is 10.4. The molecule has 1 saturated heterocycles. The van der Waals surface area contributed by atoms with E-state index in [1.165, 1.54) is 18.2 Å². The van der Waals surface area contributed by atoms with Crippen LogP contribution in [0.2, 0.25) is 5.15 Å². The summed E-state index contributed by atoms with van der Waals surface area (Å²) in [6.45, 7) is 1.87. The second-order valence-corrected chi connectivity index (χ2v) is 5.67. The molecule has 0 aliphatic carbocycles. The molecule has 1 unspecified atom stereocenters. The predicted molar refractivity (Wildman–Crippen MR) is 70.5 cm³/mol. The van der Waals surface area contributed by atoms with Crippen LogP contribution in [0.4, 0.5) is 11.5 Å². The number of anilines is 2. The van der Waals surface area contributed by atoms with E-state index in [-0.39, 0.29) is 33.7 Å². The topological polar surface area (TPSA) is 89.2 Å². The van der Waals surface area contributed by atoms with Gasteiger partial charge in [0.25, 0.3) is 0 Å². The maximum atomic E-state index is 11.9. The summed E-state index contributed by atoms with van der Waals surface area (Å²) in [5.74, 6) is 0.0361. The Morgan fingerprint density at radius 3 is 2.94 bits per heavy atom. The summed E-state index contributed by atoms with van der Waals surface area (Å²) in [6, 6.07) is 0. The van der Waals surface area contributed by atoms with Gasteiger partial charge in [0.2, 0.25) is 5.91 Å². The Morgan fingerprint density at radius 1 is 1.61 bits per heavy atom. The smallest absolute Gasteiger partial charge is 0.228 e. The van der Waals surface area contributed by atoms with Gasteiger partial charge in [0, 0.05) is 25.1 Å². The van der Waals surface area contributed by atoms with Crippen LogP contribution in [0.3, 0.4) is 0 Å². The Balaban J connectivity index is 2.24. The normalized spacial score (nSPS) is 19.3. The van der Waals surface area contributed by atoms with E-state index in [0.29, 0.717) is 12.2 Å². The molecular formula is C10H11ClN4O2S. The first kappa shape index (κ1) is 13.1. The minimum atomic E-state index is -0.128. The number of halogens is 1. The average molecular weight is 287 g/mol. The highest BCUT2D eigenvalue weighted by Gasteiger charge is 2.34. The molecule has 8 heteroatoms. The Morgan fingerprint density at radius 2 is 2.33 bits per heavy atom. The summed E-state index contributed by atoms with van der Waals surface area (Å²) in [4.78, 5) is 32.0. The molecule has 18 heavy (non-hydrogen) atoms. The number of nitrogen functional groups attached to an aromatic ring is 1. The fourth-order valence-electron chi connectivity index (χ4n) is 1.82. The van der Waals surface area contributed by atoms with Crippen molar-refractivity contribution in [2.45, 2.75) is 18.6 Å². The van der Waals surface area contributed by atoms with Crippen LogP contribution in [0.5, 0.6) is 0 Å². The highest BCUT2D eigenvalue weighted by Crippen LogP contribution is 2.34. The number of carbonyl (C=O) groups is 2. The average Bonchev–Trinajstić information content (AvgIpc) is 2.58. The third kappa shape index (κ3) is 2.56. The first-order chi connectivity index (χ1) is 8.49. The molecule has 0 bridgehead atoms. The van der Waals surface area contributed by atoms with Gasteiger partial charge in [-0.05, 0) is 0 Å². The maximum absolute atomic E-state index is 11.9. The fourth-order valence-corrected chi connectivity index (χ4v) is 2.99. The Kier molecular flexibility index (Phi) is 3.72. The molecule has 2 rings (SSSR count). The van der Waals surface area contributed by atoms with Gasteiger partial charge in [-0.1, -0.05) is 23.4 Å². The quantitative estimate of drug-likeness (QED) is 0.819. The molecule has 2 heterocycles. The largest absolute Gasteiger partial charge is 0.382 e. The second kappa shape index (κ2) is 5.11. The standard InChI is InChI=1S/C10H11ClN4O2S/c1-5(16)18-6-2-7(17)15(3-6)8-9(11)13-4-14-10(8)12/h4,6H,2-3H2,1H3,(H2,12,13,14). The van der Waals surface area contributed by atoms with E-state index in [9.17, 15) is 9.59 Å². The molecule has 1 aliphatic heterocycles. The van der Waals surface area contributed by atoms with Crippen LogP contribution in [-0.2, 0) is 9.59 Å². The summed E-state index contributed by atoms with van der Waals surface area (Å²) in [5.41, 5.74) is 6.04. The van der Waals surface area contributed by atoms with Crippen molar-refractivity contribution >= 4 is 45.9 Å². The number of nitrogens with zero attached hydrogens (tertiary/aromatic N) is 3. The number of amides is 1. The van der Waals surface area contributed by atoms with Crippen LogP contribution in [0.15, 0.2) is 6.33 Å². The SMILES string of the molecule is CC(=O)SC1CC(=O)N(c2c(N)ncnc2Cl)C1. The minimum Gasteiger partial charge on any atom is -0.382 e. The summed E-state index contributed by atoms with van der Waals surface area (Å²) >= 11 is 7.08. The number of nitrogens with two attached hydrogens (primary N) is 1. The summed E-state index contributed by atoms with van der Waals surface area (Å²) in [6.07, 6.45) is 1.53. The molecule has 96 valence electrons. The summed E-state index contributed by atoms with van der Waals surface area (Å²) < 4.78 is 0. The van der Waals surface area contributed by atoms with Crippen LogP contribution in [-0.4, -0.2) is 32.8 Å². The molecule has 0 aromatic carbocycles. The highest BCUT2D eigenvalue weighted by molar-refractivity contribution is 8.14. The van der Waals surface area contributed by atoms with Gasteiger partial charge >= 0.3 is 0 Å². The monoisotopic (exact) mass is 286 g/mol. The van der Waals surface area contributed by atoms with Gasteiger partial charge in [-0.15, -0.1) is 0 Å². The van der Waals surface area contributed by atoms with Crippen LogP contribution in [0.25, 0.3) is 0 Å². The van der Waals surface area contributed by atoms with Crippen LogP contribution in [0.1, 0.15) is 13.3 Å². The zero-order valence-electron chi connectivity index (χ0n) is 9.59. The molecule has 1 atom stereocenters. The lowest BCUT2D eigenvalue weighted by Crippen LogP contribution is -2.26. The molecule has 1 aliphatic rings. The van der Waals surface area contributed by atoms with Gasteiger partial charge in [0.15, 0.2) is 16.1 Å². The summed E-state index contributed by atoms with van der Waals surface area (Å²) in [7, 11) is 0. The van der Waals surface area contributed by atoms with E-state index >= 15 is 0 Å². The van der Waals surface area contributed by atoms with Gasteiger partial charge < -0.3 is 10.6 Å². The Hall–Kier alpha value is -1.34. The lowest BCUT2D eigenvalue weighted by molar-refractivity contribution is -0.117. The maximum Gasteiger partial charge on any atom is 0.228 e. The van der Waals surface area contributed by atoms with Gasteiger partial charge in [-0.2, -0.15) is 0 Å². The molecule has 1 fully saturated rings. The molecule has 0 radical (unpaired) electrons. The number of carbonyl (C=O) groups excluding carboxylic acids is 2. The van der Waals surface area contributed by atoms with Crippen LogP contribution in [0, 0.1) is 0 Å². The van der Waals surface area contributed by atoms with Crippen molar-refractivity contribution in [3.8, 4) is 0 Å². The zero-order chi connectivity index (χ0) is 13.3. The molecule has 2 N–H and O–H groups in total. The lowest BCUT2D eigenvalue weighted by Gasteiger charge is -2.18. The van der Waals surface area contributed by atoms with Crippen molar-refractivity contribution in [3.05, 3.63) is 11.5 Å². The first-order valence-electron chi connectivity index (χ1n) is 5.22. The predicted octanol–water partition coefficient (Wildman–Crippen LogP) is 1.10. The van der Waals surface area contributed by atoms with Crippen molar-refractivity contribution in [1.82, 2.24) is 9.97 Å². The van der Waals surface area contributed by atoms with E-state index in [2.05, 4.69) is 9.97 Å². The van der Waals surface area contributed by atoms with Crippen molar-refractivity contribution in [2.24, 2.45) is 0 Å². The minimum absolute atomic E-state index is 0.0157. The Bertz CT molecular complexity index is 490.